The number of fused-ring (bicyclic) bond motifs is 1. The van der Waals surface area contributed by atoms with Crippen molar-refractivity contribution in [1.29, 1.82) is 0 Å². The molecule has 0 aliphatic carbocycles. The predicted octanol–water partition coefficient (Wildman–Crippen LogP) is 2.44. The van der Waals surface area contributed by atoms with Crippen LogP contribution in [-0.4, -0.2) is 74.8 Å². The lowest BCUT2D eigenvalue weighted by molar-refractivity contribution is -0.111. The number of aliphatic hydroxyl groups is 1. The Morgan fingerprint density at radius 3 is 2.62 bits per heavy atom. The second-order valence-electron chi connectivity index (χ2n) is 9.02. The molecule has 5 rings (SSSR count). The van der Waals surface area contributed by atoms with Crippen molar-refractivity contribution in [2.45, 2.75) is 0 Å². The normalized spacial score (nSPS) is 13.8. The summed E-state index contributed by atoms with van der Waals surface area (Å²) >= 11 is 0. The topological polar surface area (TPSA) is 129 Å². The fourth-order valence-electron chi connectivity index (χ4n) is 4.46. The molecule has 1 saturated heterocycles. The monoisotopic (exact) mass is 548 g/mol. The predicted molar refractivity (Wildman–Crippen MR) is 147 cm³/mol. The van der Waals surface area contributed by atoms with Crippen LogP contribution in [0.4, 0.5) is 31.8 Å². The number of hydrogen-bond acceptors (Lipinski definition) is 9. The first-order chi connectivity index (χ1) is 19.4. The van der Waals surface area contributed by atoms with E-state index in [-0.39, 0.29) is 40.7 Å². The molecule has 0 saturated carbocycles. The van der Waals surface area contributed by atoms with Crippen LogP contribution >= 0.6 is 0 Å². The van der Waals surface area contributed by atoms with Gasteiger partial charge in [0.15, 0.2) is 11.5 Å². The maximum Gasteiger partial charge on any atom is 0.283 e. The van der Waals surface area contributed by atoms with E-state index < -0.39 is 23.1 Å². The summed E-state index contributed by atoms with van der Waals surface area (Å²) in [5.41, 5.74) is 0.123. The molecule has 0 spiro atoms. The van der Waals surface area contributed by atoms with E-state index in [9.17, 15) is 9.59 Å². The summed E-state index contributed by atoms with van der Waals surface area (Å²) < 4.78 is 31.7. The molecule has 0 atom stereocenters. The van der Waals surface area contributed by atoms with Gasteiger partial charge in [-0.25, -0.2) is 13.8 Å². The zero-order chi connectivity index (χ0) is 28.2. The van der Waals surface area contributed by atoms with Crippen LogP contribution in [0.2, 0.25) is 0 Å². The highest BCUT2D eigenvalue weighted by atomic mass is 19.1. The lowest BCUT2D eigenvalue weighted by Gasteiger charge is -2.35. The second-order valence-corrected chi connectivity index (χ2v) is 9.02. The third-order valence-corrected chi connectivity index (χ3v) is 6.55. The van der Waals surface area contributed by atoms with E-state index in [1.54, 1.807) is 12.1 Å². The third-order valence-electron chi connectivity index (χ3n) is 6.55. The highest BCUT2D eigenvalue weighted by Gasteiger charge is 2.19. The van der Waals surface area contributed by atoms with Gasteiger partial charge in [0.1, 0.15) is 17.5 Å². The largest absolute Gasteiger partial charge is 0.395 e. The molecule has 2 aromatic carbocycles. The Kier molecular flexibility index (Phi) is 7.75. The number of anilines is 4. The van der Waals surface area contributed by atoms with Crippen LogP contribution in [0.1, 0.15) is 0 Å². The first-order valence-electron chi connectivity index (χ1n) is 12.5. The van der Waals surface area contributed by atoms with Gasteiger partial charge < -0.3 is 20.6 Å². The number of aromatic nitrogens is 4. The Hall–Kier alpha value is -4.75. The second kappa shape index (κ2) is 11.6. The zero-order valence-corrected chi connectivity index (χ0v) is 21.3. The average molecular weight is 549 g/mol. The molecule has 0 unspecified atom stereocenters. The molecule has 206 valence electrons. The van der Waals surface area contributed by atoms with Gasteiger partial charge in [-0.15, -0.1) is 0 Å². The molecule has 4 aromatic rings. The van der Waals surface area contributed by atoms with E-state index in [1.807, 2.05) is 0 Å². The van der Waals surface area contributed by atoms with Crippen molar-refractivity contribution in [2.24, 2.45) is 0 Å². The fraction of sp³-hybridized carbons (Fsp3) is 0.222. The minimum absolute atomic E-state index is 0.0177. The fourth-order valence-corrected chi connectivity index (χ4v) is 4.46. The smallest absolute Gasteiger partial charge is 0.283 e. The van der Waals surface area contributed by atoms with Gasteiger partial charge in [0.2, 0.25) is 11.9 Å². The number of hydrogen-bond donors (Lipinski definition) is 3. The van der Waals surface area contributed by atoms with Crippen molar-refractivity contribution < 1.29 is 18.7 Å². The molecule has 1 amide bonds. The van der Waals surface area contributed by atoms with Crippen molar-refractivity contribution in [1.82, 2.24) is 24.4 Å². The number of piperazine rings is 1. The molecule has 1 aliphatic rings. The molecular formula is C27H26F2N8O3. The molecule has 13 heteroatoms. The van der Waals surface area contributed by atoms with E-state index in [1.165, 1.54) is 35.0 Å². The van der Waals surface area contributed by atoms with E-state index in [0.29, 0.717) is 19.6 Å². The lowest BCUT2D eigenvalue weighted by Crippen LogP contribution is -2.47. The number of benzene rings is 2. The molecule has 1 aliphatic heterocycles. The van der Waals surface area contributed by atoms with Crippen LogP contribution in [-0.2, 0) is 4.79 Å². The van der Waals surface area contributed by atoms with Gasteiger partial charge in [-0.05, 0) is 36.4 Å². The van der Waals surface area contributed by atoms with Gasteiger partial charge in [0.05, 0.1) is 23.7 Å². The van der Waals surface area contributed by atoms with Gasteiger partial charge >= 0.3 is 0 Å². The summed E-state index contributed by atoms with van der Waals surface area (Å²) in [5, 5.41) is 14.3. The van der Waals surface area contributed by atoms with E-state index >= 15 is 8.78 Å². The molecule has 40 heavy (non-hydrogen) atoms. The van der Waals surface area contributed by atoms with Crippen molar-refractivity contribution in [2.75, 3.05) is 54.9 Å². The first kappa shape index (κ1) is 26.8. The van der Waals surface area contributed by atoms with Crippen molar-refractivity contribution >= 4 is 40.0 Å². The van der Waals surface area contributed by atoms with Crippen LogP contribution in [0.3, 0.4) is 0 Å². The molecular weight excluding hydrogens is 522 g/mol. The first-order valence-corrected chi connectivity index (χ1v) is 12.5. The van der Waals surface area contributed by atoms with Crippen molar-refractivity contribution in [3.63, 3.8) is 0 Å². The minimum Gasteiger partial charge on any atom is -0.395 e. The van der Waals surface area contributed by atoms with E-state index in [2.05, 4.69) is 42.0 Å². The molecule has 0 bridgehead atoms. The van der Waals surface area contributed by atoms with Gasteiger partial charge in [0, 0.05) is 44.6 Å². The molecule has 3 heterocycles. The molecule has 11 nitrogen and oxygen atoms in total. The van der Waals surface area contributed by atoms with Gasteiger partial charge in [-0.1, -0.05) is 12.6 Å². The Labute approximate surface area is 227 Å². The van der Waals surface area contributed by atoms with Crippen LogP contribution < -0.4 is 21.1 Å². The lowest BCUT2D eigenvalue weighted by atomic mass is 10.2. The number of amides is 1. The Morgan fingerprint density at radius 2 is 1.90 bits per heavy atom. The summed E-state index contributed by atoms with van der Waals surface area (Å²) in [7, 11) is 0. The molecule has 3 N–H and O–H groups in total. The number of aliphatic hydroxyl groups excluding tert-OH is 1. The van der Waals surface area contributed by atoms with E-state index in [0.717, 1.165) is 31.2 Å². The highest BCUT2D eigenvalue weighted by Crippen LogP contribution is 2.27. The van der Waals surface area contributed by atoms with Crippen LogP contribution in [0.5, 0.6) is 0 Å². The van der Waals surface area contributed by atoms with Gasteiger partial charge in [-0.3, -0.25) is 19.1 Å². The number of rotatable bonds is 8. The standard InChI is InChI=1S/C27H26F2N8O3/c1-2-23(39)32-21-4-3-5-22(24(21)29)37-16-31-26(40)18-15-30-27(34-25(18)37)33-20-7-6-17(14-19(20)28)36-10-8-35(9-11-36)12-13-38/h2-7,14-16,38H,1,8-13H2,(H,32,39)(H,30,33,34). The quantitative estimate of drug-likeness (QED) is 0.285. The Balaban J connectivity index is 1.43. The van der Waals surface area contributed by atoms with Crippen LogP contribution in [0.25, 0.3) is 16.7 Å². The summed E-state index contributed by atoms with van der Waals surface area (Å²) in [6.45, 7) is 7.04. The molecule has 1 fully saturated rings. The van der Waals surface area contributed by atoms with Crippen molar-refractivity contribution in [3.8, 4) is 5.69 Å². The van der Waals surface area contributed by atoms with Gasteiger partial charge in [-0.2, -0.15) is 9.97 Å². The molecule has 0 radical (unpaired) electrons. The summed E-state index contributed by atoms with van der Waals surface area (Å²) in [5.74, 6) is -1.92. The minimum atomic E-state index is -0.781. The number of carbonyl (C=O) groups excluding carboxylic acids is 1. The van der Waals surface area contributed by atoms with Crippen molar-refractivity contribution in [3.05, 3.63) is 83.6 Å². The number of carbonyl (C=O) groups is 1. The van der Waals surface area contributed by atoms with Crippen LogP contribution in [0.15, 0.2) is 66.4 Å². The van der Waals surface area contributed by atoms with Crippen LogP contribution in [0, 0.1) is 11.6 Å². The third kappa shape index (κ3) is 5.51. The van der Waals surface area contributed by atoms with E-state index in [4.69, 9.17) is 5.11 Å². The number of nitrogens with zero attached hydrogens (tertiary/aromatic N) is 6. The number of halogens is 2. The Bertz CT molecular complexity index is 1640. The molecule has 2 aromatic heterocycles. The summed E-state index contributed by atoms with van der Waals surface area (Å²) in [4.78, 5) is 40.6. The van der Waals surface area contributed by atoms with Gasteiger partial charge in [0.25, 0.3) is 5.56 Å². The number of β-amino-alcohol motifs (C(OH)–C–C–N with tert-alkyl or cyclic N) is 1. The maximum atomic E-state index is 15.3. The average Bonchev–Trinajstić information content (AvgIpc) is 2.96. The summed E-state index contributed by atoms with van der Waals surface area (Å²) in [6.07, 6.45) is 3.36. The maximum absolute atomic E-state index is 15.3. The zero-order valence-electron chi connectivity index (χ0n) is 21.3. The number of nitrogens with one attached hydrogen (secondary N) is 2. The summed E-state index contributed by atoms with van der Waals surface area (Å²) in [6, 6.07) is 9.10. The SMILES string of the molecule is C=CC(=O)Nc1cccc(-n2cnc(=O)c3cnc(Nc4ccc(N5CCN(CCO)CC5)cc4F)nc32)c1F. The Morgan fingerprint density at radius 1 is 1.10 bits per heavy atom. The highest BCUT2D eigenvalue weighted by molar-refractivity contribution is 5.99.